The average Bonchev–Trinajstić information content (AvgIpc) is 2.54. The zero-order chi connectivity index (χ0) is 17.1. The molecule has 2 aliphatic rings. The molecular formula is C20H29NO3. The molecule has 2 fully saturated rings. The van der Waals surface area contributed by atoms with E-state index in [0.29, 0.717) is 24.9 Å². The Hall–Kier alpha value is -1.39. The minimum Gasteiger partial charge on any atom is -0.395 e. The molecule has 0 aliphatic heterocycles. The molecular weight excluding hydrogens is 302 g/mol. The summed E-state index contributed by atoms with van der Waals surface area (Å²) in [6, 6.07) is 8.23. The third-order valence-corrected chi connectivity index (χ3v) is 5.64. The van der Waals surface area contributed by atoms with Crippen LogP contribution in [0.4, 0.5) is 0 Å². The van der Waals surface area contributed by atoms with Gasteiger partial charge in [0.25, 0.3) is 0 Å². The Morgan fingerprint density at radius 3 is 2.29 bits per heavy atom. The summed E-state index contributed by atoms with van der Waals surface area (Å²) in [6.07, 6.45) is 4.46. The van der Waals surface area contributed by atoms with Gasteiger partial charge >= 0.3 is 0 Å². The van der Waals surface area contributed by atoms with E-state index >= 15 is 0 Å². The molecule has 0 saturated heterocycles. The van der Waals surface area contributed by atoms with Crippen molar-refractivity contribution in [3.8, 4) is 0 Å². The number of aliphatic hydroxyl groups excluding tert-OH is 2. The van der Waals surface area contributed by atoms with E-state index in [4.69, 9.17) is 0 Å². The Labute approximate surface area is 144 Å². The molecule has 0 radical (unpaired) electrons. The summed E-state index contributed by atoms with van der Waals surface area (Å²) in [4.78, 5) is 14.8. The summed E-state index contributed by atoms with van der Waals surface area (Å²) in [6.45, 7) is 3.00. The van der Waals surface area contributed by atoms with E-state index < -0.39 is 0 Å². The van der Waals surface area contributed by atoms with Gasteiger partial charge in [-0.2, -0.15) is 0 Å². The highest BCUT2D eigenvalue weighted by Crippen LogP contribution is 2.43. The molecule has 4 nitrogen and oxygen atoms in total. The van der Waals surface area contributed by atoms with Crippen molar-refractivity contribution in [1.82, 2.24) is 4.90 Å². The molecule has 0 heterocycles. The Morgan fingerprint density at radius 1 is 1.08 bits per heavy atom. The second-order valence-electron chi connectivity index (χ2n) is 7.73. The highest BCUT2D eigenvalue weighted by atomic mass is 16.3. The van der Waals surface area contributed by atoms with Crippen LogP contribution in [-0.2, 0) is 11.3 Å². The number of amides is 1. The molecule has 1 aromatic rings. The van der Waals surface area contributed by atoms with Crippen molar-refractivity contribution in [3.05, 3.63) is 35.4 Å². The Balaban J connectivity index is 1.66. The van der Waals surface area contributed by atoms with E-state index in [1.165, 1.54) is 12.0 Å². The number of fused-ring (bicyclic) bond motifs is 2. The van der Waals surface area contributed by atoms with Gasteiger partial charge in [-0.05, 0) is 56.4 Å². The molecule has 4 heteroatoms. The number of nitrogens with zero attached hydrogens (tertiary/aromatic N) is 1. The summed E-state index contributed by atoms with van der Waals surface area (Å²) in [7, 11) is 0. The largest absolute Gasteiger partial charge is 0.395 e. The van der Waals surface area contributed by atoms with Crippen LogP contribution in [0.5, 0.6) is 0 Å². The standard InChI is InChI=1S/C20H29NO3/c1-14-2-4-15(5-3-14)13-21(6-7-22)20(24)18-9-16-8-17(10-18)12-19(23)11-16/h2-5,16-19,22-23H,6-13H2,1H3. The normalized spacial score (nSPS) is 29.3. The van der Waals surface area contributed by atoms with Gasteiger partial charge in [0.2, 0.25) is 5.91 Å². The van der Waals surface area contributed by atoms with Crippen molar-refractivity contribution < 1.29 is 15.0 Å². The van der Waals surface area contributed by atoms with Gasteiger partial charge in [0.15, 0.2) is 0 Å². The molecule has 24 heavy (non-hydrogen) atoms. The minimum absolute atomic E-state index is 0.00407. The van der Waals surface area contributed by atoms with E-state index in [2.05, 4.69) is 31.2 Å². The van der Waals surface area contributed by atoms with Gasteiger partial charge in [0, 0.05) is 19.0 Å². The fourth-order valence-corrected chi connectivity index (χ4v) is 4.58. The van der Waals surface area contributed by atoms with Gasteiger partial charge in [0.05, 0.1) is 12.7 Å². The van der Waals surface area contributed by atoms with Crippen LogP contribution in [0.1, 0.15) is 43.2 Å². The van der Waals surface area contributed by atoms with Gasteiger partial charge in [-0.1, -0.05) is 29.8 Å². The molecule has 3 rings (SSSR count). The SMILES string of the molecule is Cc1ccc(CN(CCO)C(=O)C2CC3CC(O)CC(C3)C2)cc1. The first kappa shape index (κ1) is 17.4. The van der Waals surface area contributed by atoms with Crippen LogP contribution in [0.2, 0.25) is 0 Å². The van der Waals surface area contributed by atoms with Gasteiger partial charge in [-0.3, -0.25) is 4.79 Å². The van der Waals surface area contributed by atoms with Gasteiger partial charge < -0.3 is 15.1 Å². The second-order valence-corrected chi connectivity index (χ2v) is 7.73. The lowest BCUT2D eigenvalue weighted by molar-refractivity contribution is -0.140. The summed E-state index contributed by atoms with van der Waals surface area (Å²) in [5.74, 6) is 1.20. The van der Waals surface area contributed by atoms with Crippen LogP contribution >= 0.6 is 0 Å². The van der Waals surface area contributed by atoms with E-state index in [1.54, 1.807) is 0 Å². The number of carbonyl (C=O) groups excluding carboxylic acids is 1. The van der Waals surface area contributed by atoms with Crippen molar-refractivity contribution in [2.75, 3.05) is 13.2 Å². The second kappa shape index (κ2) is 7.66. The lowest BCUT2D eigenvalue weighted by atomic mass is 9.67. The van der Waals surface area contributed by atoms with Crippen LogP contribution in [0.15, 0.2) is 24.3 Å². The molecule has 0 spiro atoms. The molecule has 2 bridgehead atoms. The number of hydrogen-bond acceptors (Lipinski definition) is 3. The number of hydrogen-bond donors (Lipinski definition) is 2. The zero-order valence-corrected chi connectivity index (χ0v) is 14.5. The summed E-state index contributed by atoms with van der Waals surface area (Å²) in [5, 5.41) is 19.3. The fourth-order valence-electron chi connectivity index (χ4n) is 4.58. The van der Waals surface area contributed by atoms with Crippen molar-refractivity contribution in [3.63, 3.8) is 0 Å². The predicted molar refractivity (Wildman–Crippen MR) is 93.2 cm³/mol. The van der Waals surface area contributed by atoms with Crippen LogP contribution in [0.25, 0.3) is 0 Å². The van der Waals surface area contributed by atoms with Crippen LogP contribution in [-0.4, -0.2) is 40.3 Å². The predicted octanol–water partition coefficient (Wildman–Crippen LogP) is 2.50. The number of aliphatic hydroxyl groups is 2. The first-order valence-electron chi connectivity index (χ1n) is 9.18. The Morgan fingerprint density at radius 2 is 1.71 bits per heavy atom. The molecule has 2 unspecified atom stereocenters. The van der Waals surface area contributed by atoms with Crippen molar-refractivity contribution >= 4 is 5.91 Å². The number of benzene rings is 1. The van der Waals surface area contributed by atoms with E-state index in [-0.39, 0.29) is 24.5 Å². The summed E-state index contributed by atoms with van der Waals surface area (Å²) < 4.78 is 0. The van der Waals surface area contributed by atoms with Crippen LogP contribution < -0.4 is 0 Å². The average molecular weight is 331 g/mol. The van der Waals surface area contributed by atoms with Gasteiger partial charge in [0.1, 0.15) is 0 Å². The number of aryl methyl sites for hydroxylation is 1. The smallest absolute Gasteiger partial charge is 0.226 e. The highest BCUT2D eigenvalue weighted by molar-refractivity contribution is 5.79. The monoisotopic (exact) mass is 331 g/mol. The first-order valence-corrected chi connectivity index (χ1v) is 9.18. The topological polar surface area (TPSA) is 60.8 Å². The lowest BCUT2D eigenvalue weighted by Gasteiger charge is -2.41. The molecule has 2 N–H and O–H groups in total. The molecule has 1 amide bonds. The zero-order valence-electron chi connectivity index (χ0n) is 14.5. The maximum Gasteiger partial charge on any atom is 0.226 e. The van der Waals surface area contributed by atoms with Crippen LogP contribution in [0, 0.1) is 24.7 Å². The van der Waals surface area contributed by atoms with E-state index in [0.717, 1.165) is 31.2 Å². The third-order valence-electron chi connectivity index (χ3n) is 5.64. The Bertz CT molecular complexity index is 539. The van der Waals surface area contributed by atoms with Crippen molar-refractivity contribution in [2.24, 2.45) is 17.8 Å². The van der Waals surface area contributed by atoms with Crippen molar-refractivity contribution in [1.29, 1.82) is 0 Å². The maximum atomic E-state index is 13.0. The summed E-state index contributed by atoms with van der Waals surface area (Å²) >= 11 is 0. The molecule has 2 saturated carbocycles. The fraction of sp³-hybridized carbons (Fsp3) is 0.650. The molecule has 0 aromatic heterocycles. The molecule has 2 aliphatic carbocycles. The molecule has 132 valence electrons. The quantitative estimate of drug-likeness (QED) is 0.871. The molecule has 1 aromatic carbocycles. The summed E-state index contributed by atoms with van der Waals surface area (Å²) in [5.41, 5.74) is 2.31. The van der Waals surface area contributed by atoms with E-state index in [9.17, 15) is 15.0 Å². The Kier molecular flexibility index (Phi) is 5.57. The van der Waals surface area contributed by atoms with Crippen LogP contribution in [0.3, 0.4) is 0 Å². The molecule has 2 atom stereocenters. The van der Waals surface area contributed by atoms with E-state index in [1.807, 2.05) is 4.90 Å². The minimum atomic E-state index is -0.175. The lowest BCUT2D eigenvalue weighted by Crippen LogP contribution is -2.43. The first-order chi connectivity index (χ1) is 11.5. The van der Waals surface area contributed by atoms with Gasteiger partial charge in [-0.25, -0.2) is 0 Å². The van der Waals surface area contributed by atoms with Crippen molar-refractivity contribution in [2.45, 2.75) is 51.7 Å². The third kappa shape index (κ3) is 4.17. The maximum absolute atomic E-state index is 13.0. The van der Waals surface area contributed by atoms with Gasteiger partial charge in [-0.15, -0.1) is 0 Å². The number of carbonyl (C=O) groups is 1. The number of rotatable bonds is 5. The highest BCUT2D eigenvalue weighted by Gasteiger charge is 2.39.